The van der Waals surface area contributed by atoms with Gasteiger partial charge in [-0.3, -0.25) is 9.47 Å². The second-order valence-electron chi connectivity index (χ2n) is 1.67. The number of halogens is 3. The predicted octanol–water partition coefficient (Wildman–Crippen LogP) is 1.19. The molecule has 1 aliphatic rings. The SMILES string of the molecule is FC1(F)OCC(CCl)O1. The number of rotatable bonds is 1. The van der Waals surface area contributed by atoms with Crippen LogP contribution in [-0.2, 0) is 9.47 Å². The van der Waals surface area contributed by atoms with Crippen molar-refractivity contribution in [2.45, 2.75) is 12.4 Å². The monoisotopic (exact) mass is 158 g/mol. The van der Waals surface area contributed by atoms with E-state index in [0.29, 0.717) is 0 Å². The summed E-state index contributed by atoms with van der Waals surface area (Å²) in [5.74, 6) is 0.0373. The maximum Gasteiger partial charge on any atom is 0.485 e. The Hall–Kier alpha value is 0.0700. The lowest BCUT2D eigenvalue weighted by Gasteiger charge is -2.05. The minimum Gasteiger partial charge on any atom is -0.293 e. The standard InChI is InChI=1S/C4H5ClF2O2/c5-1-3-2-8-4(6,7)9-3/h3H,1-2H2. The molecule has 0 amide bonds. The highest BCUT2D eigenvalue weighted by Crippen LogP contribution is 2.26. The van der Waals surface area contributed by atoms with Gasteiger partial charge < -0.3 is 0 Å². The molecular formula is C4H5ClF2O2. The van der Waals surface area contributed by atoms with E-state index in [4.69, 9.17) is 11.6 Å². The van der Waals surface area contributed by atoms with Crippen LogP contribution in [-0.4, -0.2) is 24.9 Å². The van der Waals surface area contributed by atoms with Crippen LogP contribution in [0.15, 0.2) is 0 Å². The fourth-order valence-electron chi connectivity index (χ4n) is 0.528. The van der Waals surface area contributed by atoms with Crippen LogP contribution in [0.4, 0.5) is 8.78 Å². The van der Waals surface area contributed by atoms with E-state index in [0.717, 1.165) is 0 Å². The molecule has 54 valence electrons. The number of hydrogen-bond donors (Lipinski definition) is 0. The molecule has 1 unspecified atom stereocenters. The summed E-state index contributed by atoms with van der Waals surface area (Å²) in [6.45, 7) is -0.128. The molecule has 0 bridgehead atoms. The molecule has 1 aliphatic heterocycles. The van der Waals surface area contributed by atoms with Crippen LogP contribution in [0.2, 0.25) is 0 Å². The molecule has 0 aromatic rings. The van der Waals surface area contributed by atoms with Gasteiger partial charge in [0.15, 0.2) is 0 Å². The summed E-state index contributed by atoms with van der Waals surface area (Å²) in [5.41, 5.74) is 0. The van der Waals surface area contributed by atoms with E-state index in [2.05, 4.69) is 9.47 Å². The van der Waals surface area contributed by atoms with Crippen molar-refractivity contribution in [3.05, 3.63) is 0 Å². The molecule has 0 radical (unpaired) electrons. The molecule has 0 N–H and O–H groups in total. The van der Waals surface area contributed by atoms with Gasteiger partial charge in [-0.2, -0.15) is 0 Å². The Bertz CT molecular complexity index is 109. The van der Waals surface area contributed by atoms with Crippen molar-refractivity contribution in [3.63, 3.8) is 0 Å². The minimum atomic E-state index is -3.42. The Morgan fingerprint density at radius 3 is 2.56 bits per heavy atom. The van der Waals surface area contributed by atoms with Crippen molar-refractivity contribution in [3.8, 4) is 0 Å². The maximum atomic E-state index is 11.9. The van der Waals surface area contributed by atoms with Gasteiger partial charge in [0.05, 0.1) is 12.5 Å². The Morgan fingerprint density at radius 2 is 2.33 bits per heavy atom. The topological polar surface area (TPSA) is 18.5 Å². The minimum absolute atomic E-state index is 0.0373. The van der Waals surface area contributed by atoms with Gasteiger partial charge in [0, 0.05) is 0 Å². The fraction of sp³-hybridized carbons (Fsp3) is 1.00. The van der Waals surface area contributed by atoms with E-state index < -0.39 is 12.4 Å². The van der Waals surface area contributed by atoms with Gasteiger partial charge in [0.1, 0.15) is 6.10 Å². The largest absolute Gasteiger partial charge is 0.485 e. The van der Waals surface area contributed by atoms with Gasteiger partial charge in [-0.1, -0.05) is 0 Å². The number of alkyl halides is 3. The zero-order valence-corrected chi connectivity index (χ0v) is 5.20. The number of hydrogen-bond acceptors (Lipinski definition) is 2. The zero-order valence-electron chi connectivity index (χ0n) is 4.44. The molecule has 0 spiro atoms. The highest BCUT2D eigenvalue weighted by molar-refractivity contribution is 6.18. The van der Waals surface area contributed by atoms with Crippen molar-refractivity contribution in [1.29, 1.82) is 0 Å². The Balaban J connectivity index is 2.38. The third-order valence-corrected chi connectivity index (χ3v) is 1.26. The molecule has 0 aromatic heterocycles. The second-order valence-corrected chi connectivity index (χ2v) is 1.98. The lowest BCUT2D eigenvalue weighted by atomic mass is 10.4. The average Bonchev–Trinajstić information content (AvgIpc) is 2.10. The molecule has 1 atom stereocenters. The van der Waals surface area contributed by atoms with Gasteiger partial charge in [-0.25, -0.2) is 0 Å². The molecule has 2 nitrogen and oxygen atoms in total. The Kier molecular flexibility index (Phi) is 1.88. The van der Waals surface area contributed by atoms with Crippen molar-refractivity contribution in [1.82, 2.24) is 0 Å². The summed E-state index contributed by atoms with van der Waals surface area (Å²) in [4.78, 5) is 0. The normalized spacial score (nSPS) is 33.0. The van der Waals surface area contributed by atoms with E-state index >= 15 is 0 Å². The van der Waals surface area contributed by atoms with Crippen molar-refractivity contribution < 1.29 is 18.3 Å². The molecule has 1 rings (SSSR count). The van der Waals surface area contributed by atoms with Gasteiger partial charge in [-0.15, -0.1) is 20.4 Å². The second kappa shape index (κ2) is 2.36. The van der Waals surface area contributed by atoms with Crippen LogP contribution < -0.4 is 0 Å². The van der Waals surface area contributed by atoms with Crippen molar-refractivity contribution >= 4 is 11.6 Å². The van der Waals surface area contributed by atoms with Crippen LogP contribution in [0.1, 0.15) is 0 Å². The van der Waals surface area contributed by atoms with Crippen LogP contribution in [0, 0.1) is 0 Å². The first-order valence-electron chi connectivity index (χ1n) is 2.39. The average molecular weight is 159 g/mol. The summed E-state index contributed by atoms with van der Waals surface area (Å²) in [6, 6.07) is 0. The zero-order chi connectivity index (χ0) is 6.91. The van der Waals surface area contributed by atoms with E-state index in [1.54, 1.807) is 0 Å². The van der Waals surface area contributed by atoms with Crippen LogP contribution in [0.5, 0.6) is 0 Å². The van der Waals surface area contributed by atoms with E-state index in [1.807, 2.05) is 0 Å². The molecular weight excluding hydrogens is 153 g/mol. The van der Waals surface area contributed by atoms with Crippen molar-refractivity contribution in [2.75, 3.05) is 12.5 Å². The van der Waals surface area contributed by atoms with Crippen LogP contribution in [0.3, 0.4) is 0 Å². The van der Waals surface area contributed by atoms with Gasteiger partial charge in [0.25, 0.3) is 0 Å². The maximum absolute atomic E-state index is 11.9. The highest BCUT2D eigenvalue weighted by atomic mass is 35.5. The molecule has 0 saturated carbocycles. The van der Waals surface area contributed by atoms with Crippen LogP contribution >= 0.6 is 11.6 Å². The van der Waals surface area contributed by atoms with E-state index in [9.17, 15) is 8.78 Å². The molecule has 1 saturated heterocycles. The summed E-state index contributed by atoms with van der Waals surface area (Å²) in [7, 11) is 0. The first kappa shape index (κ1) is 7.18. The van der Waals surface area contributed by atoms with Gasteiger partial charge in [-0.05, 0) is 0 Å². The first-order valence-corrected chi connectivity index (χ1v) is 2.93. The third-order valence-electron chi connectivity index (χ3n) is 0.913. The smallest absolute Gasteiger partial charge is 0.293 e. The summed E-state index contributed by atoms with van der Waals surface area (Å²) in [5, 5.41) is 0. The third kappa shape index (κ3) is 1.74. The Morgan fingerprint density at radius 1 is 1.67 bits per heavy atom. The molecule has 1 fully saturated rings. The van der Waals surface area contributed by atoms with Crippen LogP contribution in [0.25, 0.3) is 0 Å². The van der Waals surface area contributed by atoms with Gasteiger partial charge in [0.2, 0.25) is 0 Å². The molecule has 5 heteroatoms. The number of ether oxygens (including phenoxy) is 2. The highest BCUT2D eigenvalue weighted by Gasteiger charge is 2.42. The van der Waals surface area contributed by atoms with Gasteiger partial charge >= 0.3 is 6.29 Å². The summed E-state index contributed by atoms with van der Waals surface area (Å²) < 4.78 is 31.7. The lowest BCUT2D eigenvalue weighted by molar-refractivity contribution is -0.345. The quantitative estimate of drug-likeness (QED) is 0.534. The predicted molar refractivity (Wildman–Crippen MR) is 26.5 cm³/mol. The molecule has 0 aliphatic carbocycles. The fourth-order valence-corrected chi connectivity index (χ4v) is 0.680. The lowest BCUT2D eigenvalue weighted by Crippen LogP contribution is -2.18. The van der Waals surface area contributed by atoms with E-state index in [1.165, 1.54) is 0 Å². The first-order chi connectivity index (χ1) is 4.14. The van der Waals surface area contributed by atoms with E-state index in [-0.39, 0.29) is 12.5 Å². The Labute approximate surface area is 55.7 Å². The molecule has 1 heterocycles. The molecule has 0 aromatic carbocycles. The summed E-state index contributed by atoms with van der Waals surface area (Å²) in [6.07, 6.45) is -4.08. The molecule has 9 heavy (non-hydrogen) atoms. The summed E-state index contributed by atoms with van der Waals surface area (Å²) >= 11 is 5.20. The van der Waals surface area contributed by atoms with Crippen molar-refractivity contribution in [2.24, 2.45) is 0 Å².